The predicted octanol–water partition coefficient (Wildman–Crippen LogP) is 7.33. The minimum absolute atomic E-state index is 0.0194. The lowest BCUT2D eigenvalue weighted by atomic mass is 9.72. The maximum atomic E-state index is 14.4. The first-order valence-corrected chi connectivity index (χ1v) is 17.7. The SMILES string of the molecule is CCOC(=O)N1c2ccc(OC)nc2C(C(c2cc(C(F)(F)F)cc(C(F)(F)F)c2)c2ncc(N3CCOCC3)c(OCc3ccccc3)n2)C(N)C1CC. The van der Waals surface area contributed by atoms with E-state index in [9.17, 15) is 31.1 Å². The van der Waals surface area contributed by atoms with Crippen molar-refractivity contribution in [2.24, 2.45) is 5.73 Å². The quantitative estimate of drug-likeness (QED) is 0.164. The number of alkyl halides is 6. The zero-order valence-corrected chi connectivity index (χ0v) is 30.2. The number of carbonyl (C=O) groups excluding carboxylic acids is 1. The number of aromatic nitrogens is 3. The Labute approximate surface area is 313 Å². The van der Waals surface area contributed by atoms with Crippen molar-refractivity contribution in [3.63, 3.8) is 0 Å². The standard InChI is InChI=1S/C38H40F6N6O5/c1-4-26-32(45)31(33-27(11-12-29(47-33)52-3)50(26)36(51)54-5-2)30(23-17-24(37(39,40)41)19-25(18-23)38(42,43)44)34-46-20-28(49-13-15-53-16-14-49)35(48-34)55-21-22-9-7-6-8-10-22/h6-12,17-20,26,30-32H,4-5,13-16,21,45H2,1-3H3. The summed E-state index contributed by atoms with van der Waals surface area (Å²) in [5.74, 6) is -2.77. The third-order valence-corrected chi connectivity index (χ3v) is 9.67. The number of pyridine rings is 1. The highest BCUT2D eigenvalue weighted by molar-refractivity contribution is 5.90. The second-order valence-corrected chi connectivity index (χ2v) is 13.0. The van der Waals surface area contributed by atoms with Gasteiger partial charge in [-0.1, -0.05) is 37.3 Å². The molecule has 1 saturated heterocycles. The second kappa shape index (κ2) is 16.3. The van der Waals surface area contributed by atoms with Gasteiger partial charge in [-0.05, 0) is 48.7 Å². The summed E-state index contributed by atoms with van der Waals surface area (Å²) < 4.78 is 109. The molecule has 11 nitrogen and oxygen atoms in total. The number of hydrogen-bond donors (Lipinski definition) is 1. The molecule has 4 unspecified atom stereocenters. The minimum atomic E-state index is -5.16. The average Bonchev–Trinajstić information content (AvgIpc) is 3.17. The third-order valence-electron chi connectivity index (χ3n) is 9.67. The summed E-state index contributed by atoms with van der Waals surface area (Å²) in [7, 11) is 1.34. The second-order valence-electron chi connectivity index (χ2n) is 13.0. The van der Waals surface area contributed by atoms with Gasteiger partial charge in [0.05, 0.1) is 67.6 Å². The number of ether oxygens (including phenoxy) is 4. The Bertz CT molecular complexity index is 1930. The lowest BCUT2D eigenvalue weighted by Gasteiger charge is -2.45. The smallest absolute Gasteiger partial charge is 0.416 e. The zero-order chi connectivity index (χ0) is 39.5. The summed E-state index contributed by atoms with van der Waals surface area (Å²) in [4.78, 5) is 30.7. The number of morpholine rings is 1. The number of fused-ring (bicyclic) bond motifs is 1. The fraction of sp³-hybridized carbons (Fsp3) is 0.421. The number of halogens is 6. The molecule has 2 aliphatic rings. The van der Waals surface area contributed by atoms with Crippen LogP contribution >= 0.6 is 0 Å². The molecule has 0 aliphatic carbocycles. The number of anilines is 2. The molecule has 2 N–H and O–H groups in total. The number of methoxy groups -OCH3 is 1. The highest BCUT2D eigenvalue weighted by Gasteiger charge is 2.49. The number of hydrogen-bond acceptors (Lipinski definition) is 10. The summed E-state index contributed by atoms with van der Waals surface area (Å²) in [6.45, 7) is 5.11. The van der Waals surface area contributed by atoms with Crippen molar-refractivity contribution in [3.05, 3.63) is 101 Å². The maximum Gasteiger partial charge on any atom is 0.416 e. The summed E-state index contributed by atoms with van der Waals surface area (Å²) in [5, 5.41) is 0. The molecule has 17 heteroatoms. The Balaban J connectivity index is 1.63. The van der Waals surface area contributed by atoms with Crippen LogP contribution in [0.5, 0.6) is 11.8 Å². The van der Waals surface area contributed by atoms with Gasteiger partial charge in [-0.15, -0.1) is 0 Å². The molecule has 0 spiro atoms. The summed E-state index contributed by atoms with van der Waals surface area (Å²) >= 11 is 0. The van der Waals surface area contributed by atoms with Crippen molar-refractivity contribution in [1.82, 2.24) is 15.0 Å². The fourth-order valence-corrected chi connectivity index (χ4v) is 7.10. The minimum Gasteiger partial charge on any atom is -0.481 e. The van der Waals surface area contributed by atoms with Crippen molar-refractivity contribution in [2.75, 3.05) is 49.8 Å². The number of benzene rings is 2. The molecule has 0 radical (unpaired) electrons. The molecule has 2 aromatic heterocycles. The van der Waals surface area contributed by atoms with Crippen LogP contribution in [-0.2, 0) is 28.4 Å². The molecule has 1 amide bonds. The molecule has 0 bridgehead atoms. The molecule has 6 rings (SSSR count). The van der Waals surface area contributed by atoms with Crippen LogP contribution in [0.2, 0.25) is 0 Å². The Morgan fingerprint density at radius 2 is 1.62 bits per heavy atom. The lowest BCUT2D eigenvalue weighted by Crippen LogP contribution is -2.58. The van der Waals surface area contributed by atoms with Gasteiger partial charge < -0.3 is 29.6 Å². The molecule has 2 aromatic carbocycles. The van der Waals surface area contributed by atoms with Gasteiger partial charge >= 0.3 is 18.4 Å². The van der Waals surface area contributed by atoms with Gasteiger partial charge in [-0.25, -0.2) is 14.8 Å². The molecule has 4 aromatic rings. The van der Waals surface area contributed by atoms with Crippen molar-refractivity contribution >= 4 is 17.5 Å². The van der Waals surface area contributed by atoms with Crippen LogP contribution < -0.4 is 25.0 Å². The predicted molar refractivity (Wildman–Crippen MR) is 189 cm³/mol. The average molecular weight is 775 g/mol. The van der Waals surface area contributed by atoms with Crippen LogP contribution in [0.4, 0.5) is 42.5 Å². The van der Waals surface area contributed by atoms with E-state index >= 15 is 0 Å². The van der Waals surface area contributed by atoms with Crippen molar-refractivity contribution in [3.8, 4) is 11.8 Å². The van der Waals surface area contributed by atoms with Crippen LogP contribution in [0.3, 0.4) is 0 Å². The van der Waals surface area contributed by atoms with E-state index in [2.05, 4.69) is 9.97 Å². The van der Waals surface area contributed by atoms with Crippen LogP contribution in [0.1, 0.15) is 65.9 Å². The lowest BCUT2D eigenvalue weighted by molar-refractivity contribution is -0.143. The summed E-state index contributed by atoms with van der Waals surface area (Å²) in [5.41, 5.74) is 5.03. The van der Waals surface area contributed by atoms with Gasteiger partial charge in [-0.2, -0.15) is 31.3 Å². The molecule has 4 heterocycles. The van der Waals surface area contributed by atoms with E-state index in [1.807, 2.05) is 35.2 Å². The molecular formula is C38H40F6N6O5. The molecule has 1 fully saturated rings. The Morgan fingerprint density at radius 1 is 0.945 bits per heavy atom. The van der Waals surface area contributed by atoms with Crippen LogP contribution in [0.15, 0.2) is 66.9 Å². The fourth-order valence-electron chi connectivity index (χ4n) is 7.10. The number of nitrogens with two attached hydrogens (primary N) is 1. The van der Waals surface area contributed by atoms with E-state index in [-0.39, 0.29) is 54.7 Å². The normalized spacial score (nSPS) is 19.4. The molecule has 0 saturated carbocycles. The molecular weight excluding hydrogens is 734 g/mol. The van der Waals surface area contributed by atoms with E-state index in [0.717, 1.165) is 5.56 Å². The van der Waals surface area contributed by atoms with Crippen LogP contribution in [0, 0.1) is 0 Å². The van der Waals surface area contributed by atoms with Crippen molar-refractivity contribution < 1.29 is 50.1 Å². The first-order chi connectivity index (χ1) is 26.2. The summed E-state index contributed by atoms with van der Waals surface area (Å²) in [6, 6.07) is 11.5. The number of carbonyl (C=O) groups is 1. The van der Waals surface area contributed by atoms with E-state index < -0.39 is 59.1 Å². The maximum absolute atomic E-state index is 14.4. The Hall–Kier alpha value is -5.16. The number of amides is 1. The molecule has 4 atom stereocenters. The highest BCUT2D eigenvalue weighted by atomic mass is 19.4. The molecule has 294 valence electrons. The topological polar surface area (TPSA) is 125 Å². The first kappa shape index (κ1) is 39.5. The Morgan fingerprint density at radius 3 is 2.22 bits per heavy atom. The largest absolute Gasteiger partial charge is 0.481 e. The van der Waals surface area contributed by atoms with E-state index in [1.54, 1.807) is 13.8 Å². The van der Waals surface area contributed by atoms with E-state index in [0.29, 0.717) is 44.1 Å². The van der Waals surface area contributed by atoms with Crippen molar-refractivity contribution in [1.29, 1.82) is 0 Å². The van der Waals surface area contributed by atoms with Gasteiger partial charge in [0.15, 0.2) is 0 Å². The van der Waals surface area contributed by atoms with Crippen molar-refractivity contribution in [2.45, 2.75) is 63.1 Å². The van der Waals surface area contributed by atoms with Gasteiger partial charge in [0.2, 0.25) is 11.8 Å². The molecule has 2 aliphatic heterocycles. The van der Waals surface area contributed by atoms with Crippen LogP contribution in [-0.4, -0.2) is 73.1 Å². The molecule has 55 heavy (non-hydrogen) atoms. The summed E-state index contributed by atoms with van der Waals surface area (Å²) in [6.07, 6.45) is -9.41. The Kier molecular flexibility index (Phi) is 11.7. The van der Waals surface area contributed by atoms with Gasteiger partial charge in [0.1, 0.15) is 18.1 Å². The van der Waals surface area contributed by atoms with Crippen LogP contribution in [0.25, 0.3) is 0 Å². The van der Waals surface area contributed by atoms with Gasteiger partial charge in [0, 0.05) is 31.1 Å². The zero-order valence-electron chi connectivity index (χ0n) is 30.2. The number of nitrogens with zero attached hydrogens (tertiary/aromatic N) is 5. The number of rotatable bonds is 10. The third kappa shape index (κ3) is 8.42. The highest BCUT2D eigenvalue weighted by Crippen LogP contribution is 2.50. The van der Waals surface area contributed by atoms with E-state index in [4.69, 9.17) is 29.7 Å². The van der Waals surface area contributed by atoms with Gasteiger partial charge in [-0.3, -0.25) is 4.90 Å². The van der Waals surface area contributed by atoms with Gasteiger partial charge in [0.25, 0.3) is 0 Å². The monoisotopic (exact) mass is 774 g/mol. The van der Waals surface area contributed by atoms with E-state index in [1.165, 1.54) is 30.3 Å². The first-order valence-electron chi connectivity index (χ1n) is 17.7.